The summed E-state index contributed by atoms with van der Waals surface area (Å²) in [4.78, 5) is 6.93. The molecule has 2 rings (SSSR count). The molecule has 4 heteroatoms. The van der Waals surface area contributed by atoms with E-state index >= 15 is 0 Å². The molecule has 18 heavy (non-hydrogen) atoms. The molecule has 1 aliphatic heterocycles. The van der Waals surface area contributed by atoms with Gasteiger partial charge in [0, 0.05) is 45.2 Å². The second kappa shape index (κ2) is 6.16. The van der Waals surface area contributed by atoms with Gasteiger partial charge in [0.25, 0.3) is 0 Å². The Morgan fingerprint density at radius 1 is 1.56 bits per heavy atom. The van der Waals surface area contributed by atoms with Crippen LogP contribution in [0.25, 0.3) is 0 Å². The van der Waals surface area contributed by atoms with E-state index in [1.54, 1.807) is 0 Å². The maximum absolute atomic E-state index is 5.44. The number of hydrogen-bond donors (Lipinski definition) is 1. The van der Waals surface area contributed by atoms with Crippen LogP contribution >= 0.6 is 0 Å². The Labute approximate surface area is 109 Å². The van der Waals surface area contributed by atoms with Gasteiger partial charge in [-0.05, 0) is 31.9 Å². The molecule has 0 amide bonds. The fourth-order valence-corrected chi connectivity index (χ4v) is 2.55. The maximum atomic E-state index is 5.44. The number of aromatic nitrogens is 1. The Balaban J connectivity index is 1.96. The topological polar surface area (TPSA) is 37.4 Å². The SMILES string of the molecule is CNc1ccnc(CN2CCC(OC)CC2C)c1. The molecule has 1 aromatic heterocycles. The van der Waals surface area contributed by atoms with E-state index < -0.39 is 0 Å². The summed E-state index contributed by atoms with van der Waals surface area (Å²) in [5.41, 5.74) is 2.25. The van der Waals surface area contributed by atoms with E-state index in [1.807, 2.05) is 26.4 Å². The van der Waals surface area contributed by atoms with Gasteiger partial charge in [0.15, 0.2) is 0 Å². The number of methoxy groups -OCH3 is 1. The summed E-state index contributed by atoms with van der Waals surface area (Å²) in [5.74, 6) is 0. The molecule has 1 aliphatic rings. The molecule has 1 saturated heterocycles. The van der Waals surface area contributed by atoms with E-state index in [9.17, 15) is 0 Å². The van der Waals surface area contributed by atoms with Gasteiger partial charge in [0.1, 0.15) is 0 Å². The number of hydrogen-bond acceptors (Lipinski definition) is 4. The summed E-state index contributed by atoms with van der Waals surface area (Å²) >= 11 is 0. The highest BCUT2D eigenvalue weighted by Crippen LogP contribution is 2.21. The Hall–Kier alpha value is -1.13. The average molecular weight is 249 g/mol. The third-order valence-corrected chi connectivity index (χ3v) is 3.77. The molecule has 0 radical (unpaired) electrons. The summed E-state index contributed by atoms with van der Waals surface area (Å²) in [6.07, 6.45) is 4.52. The number of rotatable bonds is 4. The molecule has 1 N–H and O–H groups in total. The predicted molar refractivity (Wildman–Crippen MR) is 73.7 cm³/mol. The lowest BCUT2D eigenvalue weighted by Gasteiger charge is -2.36. The molecule has 2 atom stereocenters. The van der Waals surface area contributed by atoms with Gasteiger partial charge in [-0.3, -0.25) is 9.88 Å². The molecule has 0 bridgehead atoms. The van der Waals surface area contributed by atoms with Gasteiger partial charge >= 0.3 is 0 Å². The molecule has 1 fully saturated rings. The molecule has 2 unspecified atom stereocenters. The highest BCUT2D eigenvalue weighted by Gasteiger charge is 2.25. The largest absolute Gasteiger partial charge is 0.388 e. The lowest BCUT2D eigenvalue weighted by atomic mass is 10.0. The van der Waals surface area contributed by atoms with Gasteiger partial charge in [-0.1, -0.05) is 0 Å². The van der Waals surface area contributed by atoms with Crippen LogP contribution < -0.4 is 5.32 Å². The third kappa shape index (κ3) is 3.21. The molecule has 0 aromatic carbocycles. The van der Waals surface area contributed by atoms with Crippen molar-refractivity contribution in [2.75, 3.05) is 26.0 Å². The zero-order valence-electron chi connectivity index (χ0n) is 11.5. The van der Waals surface area contributed by atoms with Gasteiger partial charge in [0.2, 0.25) is 0 Å². The van der Waals surface area contributed by atoms with Gasteiger partial charge in [-0.25, -0.2) is 0 Å². The Bertz CT molecular complexity index is 383. The summed E-state index contributed by atoms with van der Waals surface area (Å²) < 4.78 is 5.44. The quantitative estimate of drug-likeness (QED) is 0.887. The van der Waals surface area contributed by atoms with E-state index in [0.717, 1.165) is 37.3 Å². The molecule has 0 saturated carbocycles. The van der Waals surface area contributed by atoms with Crippen LogP contribution in [-0.4, -0.2) is 42.7 Å². The summed E-state index contributed by atoms with van der Waals surface area (Å²) in [5, 5.41) is 3.15. The van der Waals surface area contributed by atoms with Crippen molar-refractivity contribution < 1.29 is 4.74 Å². The first kappa shape index (κ1) is 13.3. The van der Waals surface area contributed by atoms with E-state index in [1.165, 1.54) is 0 Å². The first-order valence-electron chi connectivity index (χ1n) is 6.62. The van der Waals surface area contributed by atoms with Gasteiger partial charge in [0.05, 0.1) is 11.8 Å². The van der Waals surface area contributed by atoms with Crippen LogP contribution in [0.15, 0.2) is 18.3 Å². The van der Waals surface area contributed by atoms with Crippen LogP contribution in [0.5, 0.6) is 0 Å². The standard InChI is InChI=1S/C14H23N3O/c1-11-8-14(18-3)5-7-17(11)10-13-9-12(15-2)4-6-16-13/h4,6,9,11,14H,5,7-8,10H2,1-3H3,(H,15,16). The predicted octanol–water partition coefficient (Wildman–Crippen LogP) is 2.12. The van der Waals surface area contributed by atoms with Crippen molar-refractivity contribution in [2.45, 2.75) is 38.5 Å². The lowest BCUT2D eigenvalue weighted by Crippen LogP contribution is -2.42. The Morgan fingerprint density at radius 3 is 3.06 bits per heavy atom. The normalized spacial score (nSPS) is 25.1. The monoisotopic (exact) mass is 249 g/mol. The number of piperidine rings is 1. The molecular weight excluding hydrogens is 226 g/mol. The van der Waals surface area contributed by atoms with Crippen LogP contribution in [0.4, 0.5) is 5.69 Å². The maximum Gasteiger partial charge on any atom is 0.0598 e. The summed E-state index contributed by atoms with van der Waals surface area (Å²) in [7, 11) is 3.75. The molecule has 100 valence electrons. The zero-order valence-corrected chi connectivity index (χ0v) is 11.5. The van der Waals surface area contributed by atoms with Crippen LogP contribution in [0.1, 0.15) is 25.5 Å². The first-order chi connectivity index (χ1) is 8.72. The van der Waals surface area contributed by atoms with Gasteiger partial charge in [-0.15, -0.1) is 0 Å². The van der Waals surface area contributed by atoms with Crippen LogP contribution in [0.3, 0.4) is 0 Å². The molecule has 2 heterocycles. The molecule has 0 aliphatic carbocycles. The van der Waals surface area contributed by atoms with E-state index in [2.05, 4.69) is 28.2 Å². The minimum atomic E-state index is 0.424. The van der Waals surface area contributed by atoms with Crippen LogP contribution in [0, 0.1) is 0 Å². The van der Waals surface area contributed by atoms with Crippen molar-refractivity contribution in [3.8, 4) is 0 Å². The number of anilines is 1. The van der Waals surface area contributed by atoms with Gasteiger partial charge < -0.3 is 10.1 Å². The van der Waals surface area contributed by atoms with Crippen molar-refractivity contribution in [1.82, 2.24) is 9.88 Å². The number of nitrogens with zero attached hydrogens (tertiary/aromatic N) is 2. The lowest BCUT2D eigenvalue weighted by molar-refractivity contribution is 0.0125. The fourth-order valence-electron chi connectivity index (χ4n) is 2.55. The number of pyridine rings is 1. The number of ether oxygens (including phenoxy) is 1. The molecule has 4 nitrogen and oxygen atoms in total. The average Bonchev–Trinajstić information content (AvgIpc) is 2.41. The highest BCUT2D eigenvalue weighted by atomic mass is 16.5. The van der Waals surface area contributed by atoms with Crippen molar-refractivity contribution in [1.29, 1.82) is 0 Å². The van der Waals surface area contributed by atoms with Crippen molar-refractivity contribution in [3.63, 3.8) is 0 Å². The minimum absolute atomic E-state index is 0.424. The molecule has 0 spiro atoms. The summed E-state index contributed by atoms with van der Waals surface area (Å²) in [6, 6.07) is 4.67. The number of nitrogens with one attached hydrogen (secondary N) is 1. The van der Waals surface area contributed by atoms with Gasteiger partial charge in [-0.2, -0.15) is 0 Å². The van der Waals surface area contributed by atoms with Crippen LogP contribution in [0.2, 0.25) is 0 Å². The van der Waals surface area contributed by atoms with Crippen molar-refractivity contribution in [3.05, 3.63) is 24.0 Å². The Morgan fingerprint density at radius 2 is 2.39 bits per heavy atom. The minimum Gasteiger partial charge on any atom is -0.388 e. The van der Waals surface area contributed by atoms with Crippen LogP contribution in [-0.2, 0) is 11.3 Å². The summed E-state index contributed by atoms with van der Waals surface area (Å²) in [6.45, 7) is 4.28. The van der Waals surface area contributed by atoms with E-state index in [0.29, 0.717) is 12.1 Å². The first-order valence-corrected chi connectivity index (χ1v) is 6.62. The Kier molecular flexibility index (Phi) is 4.55. The van der Waals surface area contributed by atoms with Crippen molar-refractivity contribution >= 4 is 5.69 Å². The third-order valence-electron chi connectivity index (χ3n) is 3.77. The second-order valence-corrected chi connectivity index (χ2v) is 4.99. The highest BCUT2D eigenvalue weighted by molar-refractivity contribution is 5.42. The number of likely N-dealkylation sites (tertiary alicyclic amines) is 1. The second-order valence-electron chi connectivity index (χ2n) is 4.99. The molecule has 1 aromatic rings. The zero-order chi connectivity index (χ0) is 13.0. The van der Waals surface area contributed by atoms with E-state index in [4.69, 9.17) is 4.74 Å². The smallest absolute Gasteiger partial charge is 0.0598 e. The van der Waals surface area contributed by atoms with E-state index in [-0.39, 0.29) is 0 Å². The molecular formula is C14H23N3O. The fraction of sp³-hybridized carbons (Fsp3) is 0.643. The van der Waals surface area contributed by atoms with Crippen molar-refractivity contribution in [2.24, 2.45) is 0 Å².